The fourth-order valence-electron chi connectivity index (χ4n) is 0.804. The van der Waals surface area contributed by atoms with Gasteiger partial charge in [0.1, 0.15) is 0 Å². The third-order valence-corrected chi connectivity index (χ3v) is 1.35. The summed E-state index contributed by atoms with van der Waals surface area (Å²) >= 11 is 0. The van der Waals surface area contributed by atoms with Crippen LogP contribution in [0.4, 0.5) is 0 Å². The van der Waals surface area contributed by atoms with Gasteiger partial charge in [-0.05, 0) is 19.9 Å². The SMILES string of the molecule is C[C@@]1(O)CCNC1.Cl. The quantitative estimate of drug-likeness (QED) is 0.498. The van der Waals surface area contributed by atoms with Crippen LogP contribution in [-0.2, 0) is 0 Å². The molecule has 1 fully saturated rings. The van der Waals surface area contributed by atoms with Crippen molar-refractivity contribution in [1.82, 2.24) is 5.32 Å². The van der Waals surface area contributed by atoms with Crippen molar-refractivity contribution in [3.63, 3.8) is 0 Å². The molecule has 1 rings (SSSR count). The molecule has 1 heterocycles. The highest BCUT2D eigenvalue weighted by atomic mass is 35.5. The number of rotatable bonds is 0. The van der Waals surface area contributed by atoms with Gasteiger partial charge in [-0.25, -0.2) is 0 Å². The maximum Gasteiger partial charge on any atom is 0.0755 e. The molecule has 1 saturated heterocycles. The summed E-state index contributed by atoms with van der Waals surface area (Å²) in [6.07, 6.45) is 0.896. The summed E-state index contributed by atoms with van der Waals surface area (Å²) < 4.78 is 0. The van der Waals surface area contributed by atoms with Gasteiger partial charge in [0.05, 0.1) is 5.60 Å². The number of aliphatic hydroxyl groups is 1. The van der Waals surface area contributed by atoms with Crippen molar-refractivity contribution in [1.29, 1.82) is 0 Å². The smallest absolute Gasteiger partial charge is 0.0755 e. The molecule has 0 spiro atoms. The Bertz CT molecular complexity index is 66.8. The van der Waals surface area contributed by atoms with Crippen molar-refractivity contribution >= 4 is 12.4 Å². The molecule has 0 amide bonds. The zero-order valence-corrected chi connectivity index (χ0v) is 5.79. The summed E-state index contributed by atoms with van der Waals surface area (Å²) in [5.41, 5.74) is -0.417. The molecule has 0 aromatic carbocycles. The lowest BCUT2D eigenvalue weighted by Gasteiger charge is -2.11. The average molecular weight is 138 g/mol. The highest BCUT2D eigenvalue weighted by Crippen LogP contribution is 2.10. The Labute approximate surface area is 55.7 Å². The van der Waals surface area contributed by atoms with E-state index < -0.39 is 5.60 Å². The van der Waals surface area contributed by atoms with Gasteiger partial charge in [0.15, 0.2) is 0 Å². The second-order valence-electron chi connectivity index (χ2n) is 2.42. The monoisotopic (exact) mass is 137 g/mol. The Morgan fingerprint density at radius 2 is 2.25 bits per heavy atom. The first-order valence-corrected chi connectivity index (χ1v) is 2.64. The van der Waals surface area contributed by atoms with E-state index in [-0.39, 0.29) is 12.4 Å². The predicted molar refractivity (Wildman–Crippen MR) is 35.4 cm³/mol. The van der Waals surface area contributed by atoms with Crippen molar-refractivity contribution in [2.75, 3.05) is 13.1 Å². The zero-order chi connectivity index (χ0) is 5.33. The van der Waals surface area contributed by atoms with Crippen LogP contribution in [0.3, 0.4) is 0 Å². The first-order chi connectivity index (χ1) is 3.21. The van der Waals surface area contributed by atoms with E-state index in [9.17, 15) is 0 Å². The lowest BCUT2D eigenvalue weighted by molar-refractivity contribution is 0.0820. The minimum absolute atomic E-state index is 0. The molecule has 1 aliphatic heterocycles. The van der Waals surface area contributed by atoms with Gasteiger partial charge in [0.25, 0.3) is 0 Å². The predicted octanol–water partition coefficient (Wildman–Crippen LogP) is 0.152. The zero-order valence-electron chi connectivity index (χ0n) is 4.98. The van der Waals surface area contributed by atoms with Crippen LogP contribution in [0.2, 0.25) is 0 Å². The summed E-state index contributed by atoms with van der Waals surface area (Å²) in [6, 6.07) is 0. The van der Waals surface area contributed by atoms with Crippen LogP contribution >= 0.6 is 12.4 Å². The summed E-state index contributed by atoms with van der Waals surface area (Å²) in [5.74, 6) is 0. The van der Waals surface area contributed by atoms with Crippen molar-refractivity contribution in [2.45, 2.75) is 18.9 Å². The van der Waals surface area contributed by atoms with Crippen LogP contribution in [0.15, 0.2) is 0 Å². The lowest BCUT2D eigenvalue weighted by Crippen LogP contribution is -2.26. The van der Waals surface area contributed by atoms with Gasteiger partial charge in [-0.3, -0.25) is 0 Å². The molecule has 0 unspecified atom stereocenters. The maximum absolute atomic E-state index is 9.13. The number of nitrogens with one attached hydrogen (secondary N) is 1. The van der Waals surface area contributed by atoms with Gasteiger partial charge >= 0.3 is 0 Å². The molecule has 2 N–H and O–H groups in total. The maximum atomic E-state index is 9.13. The number of β-amino-alcohol motifs (C(OH)–C–C–N with tert-alkyl or cyclic N) is 1. The van der Waals surface area contributed by atoms with Crippen LogP contribution in [0.1, 0.15) is 13.3 Å². The van der Waals surface area contributed by atoms with E-state index in [0.717, 1.165) is 19.5 Å². The molecule has 50 valence electrons. The Hall–Kier alpha value is 0.210. The van der Waals surface area contributed by atoms with E-state index >= 15 is 0 Å². The molecule has 0 saturated carbocycles. The summed E-state index contributed by atoms with van der Waals surface area (Å²) in [7, 11) is 0. The molecule has 0 aromatic heterocycles. The van der Waals surface area contributed by atoms with E-state index in [0.29, 0.717) is 0 Å². The molecule has 3 heteroatoms. The first-order valence-electron chi connectivity index (χ1n) is 2.64. The molecule has 1 aliphatic rings. The molecular formula is C5H12ClNO. The molecular weight excluding hydrogens is 126 g/mol. The minimum atomic E-state index is -0.417. The highest BCUT2D eigenvalue weighted by Gasteiger charge is 2.23. The second-order valence-corrected chi connectivity index (χ2v) is 2.42. The minimum Gasteiger partial charge on any atom is -0.389 e. The van der Waals surface area contributed by atoms with E-state index in [1.165, 1.54) is 0 Å². The molecule has 0 radical (unpaired) electrons. The Morgan fingerprint density at radius 1 is 1.62 bits per heavy atom. The number of hydrogen-bond acceptors (Lipinski definition) is 2. The third-order valence-electron chi connectivity index (χ3n) is 1.35. The molecule has 0 bridgehead atoms. The van der Waals surface area contributed by atoms with Crippen LogP contribution in [-0.4, -0.2) is 23.8 Å². The Morgan fingerprint density at radius 3 is 2.38 bits per heavy atom. The van der Waals surface area contributed by atoms with Crippen molar-refractivity contribution < 1.29 is 5.11 Å². The second kappa shape index (κ2) is 2.67. The highest BCUT2D eigenvalue weighted by molar-refractivity contribution is 5.85. The third kappa shape index (κ3) is 1.99. The van der Waals surface area contributed by atoms with Gasteiger partial charge in [-0.1, -0.05) is 0 Å². The molecule has 1 atom stereocenters. The molecule has 8 heavy (non-hydrogen) atoms. The largest absolute Gasteiger partial charge is 0.389 e. The normalized spacial score (nSPS) is 36.8. The molecule has 0 aromatic rings. The molecule has 2 nitrogen and oxygen atoms in total. The lowest BCUT2D eigenvalue weighted by atomic mass is 10.1. The van der Waals surface area contributed by atoms with Crippen LogP contribution < -0.4 is 5.32 Å². The molecule has 0 aliphatic carbocycles. The first kappa shape index (κ1) is 8.21. The van der Waals surface area contributed by atoms with Gasteiger partial charge in [-0.2, -0.15) is 0 Å². The number of hydrogen-bond donors (Lipinski definition) is 2. The van der Waals surface area contributed by atoms with Gasteiger partial charge in [0, 0.05) is 6.54 Å². The van der Waals surface area contributed by atoms with E-state index in [1.54, 1.807) is 0 Å². The van der Waals surface area contributed by atoms with Crippen molar-refractivity contribution in [3.05, 3.63) is 0 Å². The number of halogens is 1. The van der Waals surface area contributed by atoms with E-state index in [1.807, 2.05) is 6.92 Å². The van der Waals surface area contributed by atoms with Crippen LogP contribution in [0.25, 0.3) is 0 Å². The summed E-state index contributed by atoms with van der Waals surface area (Å²) in [5, 5.41) is 12.2. The summed E-state index contributed by atoms with van der Waals surface area (Å²) in [6.45, 7) is 3.58. The van der Waals surface area contributed by atoms with Crippen molar-refractivity contribution in [3.8, 4) is 0 Å². The topological polar surface area (TPSA) is 32.3 Å². The van der Waals surface area contributed by atoms with E-state index in [2.05, 4.69) is 5.32 Å². The van der Waals surface area contributed by atoms with Gasteiger partial charge in [0.2, 0.25) is 0 Å². The average Bonchev–Trinajstić information content (AvgIpc) is 1.84. The van der Waals surface area contributed by atoms with Gasteiger partial charge in [-0.15, -0.1) is 12.4 Å². The van der Waals surface area contributed by atoms with E-state index in [4.69, 9.17) is 5.11 Å². The van der Waals surface area contributed by atoms with Crippen LogP contribution in [0, 0.1) is 0 Å². The Kier molecular flexibility index (Phi) is 2.74. The van der Waals surface area contributed by atoms with Gasteiger partial charge < -0.3 is 10.4 Å². The Balaban J connectivity index is 0.000000490. The standard InChI is InChI=1S/C5H11NO.ClH/c1-5(7)2-3-6-4-5;/h6-7H,2-4H2,1H3;1H/t5-;/m1./s1. The fourth-order valence-corrected chi connectivity index (χ4v) is 0.804. The van der Waals surface area contributed by atoms with Crippen molar-refractivity contribution in [2.24, 2.45) is 0 Å². The fraction of sp³-hybridized carbons (Fsp3) is 1.00. The van der Waals surface area contributed by atoms with Crippen LogP contribution in [0.5, 0.6) is 0 Å². The summed E-state index contributed by atoms with van der Waals surface area (Å²) in [4.78, 5) is 0.